The van der Waals surface area contributed by atoms with Gasteiger partial charge in [0.1, 0.15) is 5.60 Å². The average molecular weight is 258 g/mol. The Hall–Kier alpha value is -0.810. The van der Waals surface area contributed by atoms with Gasteiger partial charge in [-0.05, 0) is 40.0 Å². The molecule has 18 heavy (non-hydrogen) atoms. The molecule has 5 heteroatoms. The number of aliphatic hydroxyl groups excluding tert-OH is 1. The minimum absolute atomic E-state index is 0.0406. The van der Waals surface area contributed by atoms with Crippen LogP contribution in [0.1, 0.15) is 52.9 Å². The quantitative estimate of drug-likeness (QED) is 0.714. The van der Waals surface area contributed by atoms with E-state index < -0.39 is 17.2 Å². The van der Waals surface area contributed by atoms with Gasteiger partial charge in [-0.25, -0.2) is 4.79 Å². The van der Waals surface area contributed by atoms with Gasteiger partial charge in [0.2, 0.25) is 0 Å². The Balaban J connectivity index is 2.65. The van der Waals surface area contributed by atoms with E-state index in [2.05, 4.69) is 5.32 Å². The van der Waals surface area contributed by atoms with Crippen molar-refractivity contribution in [1.29, 1.82) is 0 Å². The average Bonchev–Trinajstić information content (AvgIpc) is 2.64. The predicted molar refractivity (Wildman–Crippen MR) is 70.2 cm³/mol. The molecule has 1 atom stereocenters. The summed E-state index contributed by atoms with van der Waals surface area (Å²) in [6, 6.07) is -0.225. The van der Waals surface area contributed by atoms with Crippen LogP contribution < -0.4 is 11.1 Å². The molecule has 0 aromatic heterocycles. The fraction of sp³-hybridized carbons (Fsp3) is 0.923. The Kier molecular flexibility index (Phi) is 4.99. The minimum Gasteiger partial charge on any atom is -0.444 e. The summed E-state index contributed by atoms with van der Waals surface area (Å²) in [7, 11) is 0. The van der Waals surface area contributed by atoms with Crippen LogP contribution in [-0.2, 0) is 4.74 Å². The molecular formula is C13H26N2O3. The maximum Gasteiger partial charge on any atom is 0.408 e. The van der Waals surface area contributed by atoms with Gasteiger partial charge in [0.15, 0.2) is 0 Å². The van der Waals surface area contributed by atoms with Crippen LogP contribution in [-0.4, -0.2) is 35.0 Å². The van der Waals surface area contributed by atoms with Gasteiger partial charge in [-0.3, -0.25) is 0 Å². The molecule has 1 saturated carbocycles. The zero-order valence-corrected chi connectivity index (χ0v) is 11.7. The van der Waals surface area contributed by atoms with E-state index in [0.29, 0.717) is 6.42 Å². The van der Waals surface area contributed by atoms with Crippen molar-refractivity contribution in [2.75, 3.05) is 6.61 Å². The van der Waals surface area contributed by atoms with Crippen molar-refractivity contribution in [1.82, 2.24) is 5.32 Å². The normalized spacial score (nSPS) is 20.5. The predicted octanol–water partition coefficient (Wildman–Crippen LogP) is 1.53. The first-order valence-electron chi connectivity index (χ1n) is 6.67. The Morgan fingerprint density at radius 1 is 1.44 bits per heavy atom. The molecule has 1 unspecified atom stereocenters. The summed E-state index contributed by atoms with van der Waals surface area (Å²) in [5.74, 6) is 0. The van der Waals surface area contributed by atoms with Crippen LogP contribution in [0.3, 0.4) is 0 Å². The van der Waals surface area contributed by atoms with Gasteiger partial charge < -0.3 is 20.9 Å². The highest BCUT2D eigenvalue weighted by Crippen LogP contribution is 2.33. The van der Waals surface area contributed by atoms with Crippen molar-refractivity contribution in [3.8, 4) is 0 Å². The van der Waals surface area contributed by atoms with E-state index in [-0.39, 0.29) is 12.6 Å². The summed E-state index contributed by atoms with van der Waals surface area (Å²) in [6.45, 7) is 5.55. The van der Waals surface area contributed by atoms with E-state index in [9.17, 15) is 4.79 Å². The smallest absolute Gasteiger partial charge is 0.408 e. The van der Waals surface area contributed by atoms with Crippen LogP contribution in [0.25, 0.3) is 0 Å². The lowest BCUT2D eigenvalue weighted by Crippen LogP contribution is -2.59. The molecule has 0 saturated heterocycles. The van der Waals surface area contributed by atoms with Crippen LogP contribution in [0.4, 0.5) is 4.79 Å². The molecule has 0 aromatic carbocycles. The fourth-order valence-electron chi connectivity index (χ4n) is 2.52. The van der Waals surface area contributed by atoms with Gasteiger partial charge in [0, 0.05) is 12.6 Å². The number of nitrogens with one attached hydrogen (secondary N) is 1. The monoisotopic (exact) mass is 258 g/mol. The summed E-state index contributed by atoms with van der Waals surface area (Å²) in [5.41, 5.74) is 5.19. The van der Waals surface area contributed by atoms with E-state index in [1.807, 2.05) is 20.8 Å². The second-order valence-corrected chi connectivity index (χ2v) is 6.11. The van der Waals surface area contributed by atoms with Crippen molar-refractivity contribution in [2.24, 2.45) is 5.73 Å². The molecule has 5 nitrogen and oxygen atoms in total. The molecule has 106 valence electrons. The van der Waals surface area contributed by atoms with Gasteiger partial charge in [-0.15, -0.1) is 0 Å². The molecule has 0 aliphatic heterocycles. The third-order valence-electron chi connectivity index (χ3n) is 3.40. The van der Waals surface area contributed by atoms with E-state index in [0.717, 1.165) is 25.7 Å². The van der Waals surface area contributed by atoms with Crippen LogP contribution in [0.5, 0.6) is 0 Å². The first-order chi connectivity index (χ1) is 8.29. The summed E-state index contributed by atoms with van der Waals surface area (Å²) in [6.07, 6.45) is 3.89. The molecule has 4 N–H and O–H groups in total. The largest absolute Gasteiger partial charge is 0.444 e. The second-order valence-electron chi connectivity index (χ2n) is 6.11. The van der Waals surface area contributed by atoms with Crippen LogP contribution in [0, 0.1) is 0 Å². The molecule has 0 bridgehead atoms. The van der Waals surface area contributed by atoms with Gasteiger partial charge in [0.25, 0.3) is 0 Å². The van der Waals surface area contributed by atoms with Gasteiger partial charge in [-0.2, -0.15) is 0 Å². The number of hydrogen-bond donors (Lipinski definition) is 3. The van der Waals surface area contributed by atoms with Crippen molar-refractivity contribution in [2.45, 2.75) is 70.1 Å². The van der Waals surface area contributed by atoms with Gasteiger partial charge in [-0.1, -0.05) is 12.8 Å². The fourth-order valence-corrected chi connectivity index (χ4v) is 2.52. The van der Waals surface area contributed by atoms with Crippen molar-refractivity contribution >= 4 is 6.09 Å². The summed E-state index contributed by atoms with van der Waals surface area (Å²) in [5, 5.41) is 11.9. The number of alkyl carbamates (subject to hydrolysis) is 1. The summed E-state index contributed by atoms with van der Waals surface area (Å²) in [4.78, 5) is 11.9. The number of aliphatic hydroxyl groups is 1. The van der Waals surface area contributed by atoms with Crippen molar-refractivity contribution in [3.63, 3.8) is 0 Å². The van der Waals surface area contributed by atoms with E-state index in [4.69, 9.17) is 15.6 Å². The minimum atomic E-state index is -0.509. The molecule has 0 heterocycles. The number of hydrogen-bond acceptors (Lipinski definition) is 4. The number of ether oxygens (including phenoxy) is 1. The molecule has 1 fully saturated rings. The highest BCUT2D eigenvalue weighted by atomic mass is 16.6. The first kappa shape index (κ1) is 15.2. The third kappa shape index (κ3) is 4.14. The van der Waals surface area contributed by atoms with Crippen LogP contribution >= 0.6 is 0 Å². The number of amides is 1. The maximum atomic E-state index is 11.9. The highest BCUT2D eigenvalue weighted by molar-refractivity contribution is 5.69. The van der Waals surface area contributed by atoms with Crippen molar-refractivity contribution in [3.05, 3.63) is 0 Å². The Bertz CT molecular complexity index is 280. The van der Waals surface area contributed by atoms with Crippen LogP contribution in [0.2, 0.25) is 0 Å². The van der Waals surface area contributed by atoms with E-state index in [1.165, 1.54) is 0 Å². The lowest BCUT2D eigenvalue weighted by molar-refractivity contribution is 0.0430. The molecule has 1 amide bonds. The lowest BCUT2D eigenvalue weighted by atomic mass is 9.87. The number of nitrogens with two attached hydrogens (primary N) is 1. The molecule has 0 radical (unpaired) electrons. The van der Waals surface area contributed by atoms with Crippen LogP contribution in [0.15, 0.2) is 0 Å². The zero-order chi connectivity index (χ0) is 13.8. The Morgan fingerprint density at radius 3 is 2.44 bits per heavy atom. The molecule has 1 aliphatic rings. The second kappa shape index (κ2) is 5.89. The Morgan fingerprint density at radius 2 is 2.00 bits per heavy atom. The summed E-state index contributed by atoms with van der Waals surface area (Å²) >= 11 is 0. The number of carbonyl (C=O) groups is 1. The zero-order valence-electron chi connectivity index (χ0n) is 11.7. The summed E-state index contributed by atoms with van der Waals surface area (Å²) < 4.78 is 5.28. The van der Waals surface area contributed by atoms with Crippen molar-refractivity contribution < 1.29 is 14.6 Å². The van der Waals surface area contributed by atoms with E-state index in [1.54, 1.807) is 0 Å². The molecule has 0 aromatic rings. The highest BCUT2D eigenvalue weighted by Gasteiger charge is 2.41. The molecule has 1 rings (SSSR count). The van der Waals surface area contributed by atoms with E-state index >= 15 is 0 Å². The topological polar surface area (TPSA) is 84.6 Å². The molecular weight excluding hydrogens is 232 g/mol. The molecule has 0 spiro atoms. The van der Waals surface area contributed by atoms with Gasteiger partial charge in [0.05, 0.1) is 5.54 Å². The standard InChI is InChI=1S/C13H26N2O3/c1-12(2,3)18-11(17)15-13(7-4-5-8-13)10(14)6-9-16/h10,16H,4-9,14H2,1-3H3,(H,15,17). The third-order valence-corrected chi connectivity index (χ3v) is 3.40. The Labute approximate surface area is 109 Å². The number of rotatable bonds is 4. The SMILES string of the molecule is CC(C)(C)OC(=O)NC1(C(N)CCO)CCCC1. The first-order valence-corrected chi connectivity index (χ1v) is 6.67. The molecule has 1 aliphatic carbocycles. The number of carbonyl (C=O) groups excluding carboxylic acids is 1. The maximum absolute atomic E-state index is 11.9. The van der Waals surface area contributed by atoms with Gasteiger partial charge >= 0.3 is 6.09 Å². The lowest BCUT2D eigenvalue weighted by Gasteiger charge is -2.36.